The van der Waals surface area contributed by atoms with Crippen LogP contribution in [0.1, 0.15) is 65.1 Å². The van der Waals surface area contributed by atoms with Crippen molar-refractivity contribution in [1.29, 1.82) is 0 Å². The number of benzene rings is 1. The lowest BCUT2D eigenvalue weighted by molar-refractivity contribution is -0.0466. The lowest BCUT2D eigenvalue weighted by Gasteiger charge is -2.30. The summed E-state index contributed by atoms with van der Waals surface area (Å²) < 4.78 is 7.93. The standard InChI is InChI=1S/C29H41N7O3/c1-17(2)35(12-7-6-8-23-33-20-10-9-18(29(3,4)5)14-21(20)34-23)15-22-24(37)25(38)28(39-22)36-13-11-19-26(30)31-16-32-27(19)36/h9-11,13-14,16-17,22,24-25,28,37-38H,6-8,12,15H2,1-5H3,(H,33,34)(H2,30,31,32)/t22?,24-,25?,28-/m1/s1. The smallest absolute Gasteiger partial charge is 0.164 e. The zero-order valence-electron chi connectivity index (χ0n) is 23.5. The second-order valence-corrected chi connectivity index (χ2v) is 12.0. The number of fused-ring (bicyclic) bond motifs is 2. The van der Waals surface area contributed by atoms with Crippen molar-refractivity contribution in [2.75, 3.05) is 18.8 Å². The quantitative estimate of drug-likeness (QED) is 0.239. The summed E-state index contributed by atoms with van der Waals surface area (Å²) >= 11 is 0. The number of rotatable bonds is 9. The van der Waals surface area contributed by atoms with E-state index in [0.717, 1.165) is 42.7 Å². The van der Waals surface area contributed by atoms with Crippen LogP contribution >= 0.6 is 0 Å². The molecule has 4 atom stereocenters. The molecule has 10 heteroatoms. The fraction of sp³-hybridized carbons (Fsp3) is 0.552. The normalized spacial score (nSPS) is 22.2. The van der Waals surface area contributed by atoms with Crippen LogP contribution in [0.4, 0.5) is 5.82 Å². The van der Waals surface area contributed by atoms with Crippen molar-refractivity contribution < 1.29 is 14.9 Å². The zero-order valence-corrected chi connectivity index (χ0v) is 23.5. The van der Waals surface area contributed by atoms with Gasteiger partial charge in [0.15, 0.2) is 6.23 Å². The number of nitrogens with two attached hydrogens (primary N) is 1. The number of hydrogen-bond donors (Lipinski definition) is 4. The summed E-state index contributed by atoms with van der Waals surface area (Å²) in [6, 6.07) is 8.54. The number of aromatic amines is 1. The predicted molar refractivity (Wildman–Crippen MR) is 152 cm³/mol. The van der Waals surface area contributed by atoms with Crippen LogP contribution in [0.3, 0.4) is 0 Å². The van der Waals surface area contributed by atoms with Gasteiger partial charge in [-0.25, -0.2) is 15.0 Å². The number of aromatic nitrogens is 5. The maximum absolute atomic E-state index is 10.9. The molecule has 1 saturated heterocycles. The molecule has 0 aliphatic carbocycles. The first-order chi connectivity index (χ1) is 18.5. The highest BCUT2D eigenvalue weighted by Crippen LogP contribution is 2.33. The summed E-state index contributed by atoms with van der Waals surface area (Å²) in [5.41, 5.74) is 10.0. The van der Waals surface area contributed by atoms with E-state index in [2.05, 4.69) is 72.7 Å². The minimum Gasteiger partial charge on any atom is -0.387 e. The number of imidazole rings is 1. The van der Waals surface area contributed by atoms with Crippen LogP contribution in [0.15, 0.2) is 36.8 Å². The molecule has 0 bridgehead atoms. The Balaban J connectivity index is 1.18. The number of nitrogens with one attached hydrogen (secondary N) is 1. The molecule has 1 aromatic carbocycles. The number of nitrogens with zero attached hydrogens (tertiary/aromatic N) is 5. The van der Waals surface area contributed by atoms with Crippen LogP contribution in [-0.4, -0.2) is 77.1 Å². The van der Waals surface area contributed by atoms with Crippen molar-refractivity contribution in [2.45, 2.75) is 89.9 Å². The maximum atomic E-state index is 10.9. The fourth-order valence-corrected chi connectivity index (χ4v) is 5.35. The summed E-state index contributed by atoms with van der Waals surface area (Å²) in [5.74, 6) is 1.38. The average Bonchev–Trinajstić information content (AvgIpc) is 3.57. The molecule has 39 heavy (non-hydrogen) atoms. The Bertz CT molecular complexity index is 1420. The van der Waals surface area contributed by atoms with Crippen LogP contribution < -0.4 is 5.73 Å². The van der Waals surface area contributed by atoms with Gasteiger partial charge >= 0.3 is 0 Å². The Morgan fingerprint density at radius 1 is 1.13 bits per heavy atom. The van der Waals surface area contributed by atoms with E-state index in [4.69, 9.17) is 15.5 Å². The van der Waals surface area contributed by atoms with Crippen molar-refractivity contribution in [3.05, 3.63) is 48.2 Å². The third kappa shape index (κ3) is 5.65. The van der Waals surface area contributed by atoms with Gasteiger partial charge in [0.25, 0.3) is 0 Å². The number of aryl methyl sites for hydroxylation is 1. The third-order valence-corrected chi connectivity index (χ3v) is 7.80. The van der Waals surface area contributed by atoms with Gasteiger partial charge in [-0.3, -0.25) is 4.90 Å². The molecular formula is C29H41N7O3. The van der Waals surface area contributed by atoms with E-state index in [9.17, 15) is 10.2 Å². The Morgan fingerprint density at radius 3 is 2.67 bits per heavy atom. The maximum Gasteiger partial charge on any atom is 0.164 e. The lowest BCUT2D eigenvalue weighted by Crippen LogP contribution is -2.43. The van der Waals surface area contributed by atoms with Crippen molar-refractivity contribution in [3.8, 4) is 0 Å². The van der Waals surface area contributed by atoms with Crippen molar-refractivity contribution >= 4 is 27.9 Å². The molecule has 0 radical (unpaired) electrons. The number of hydrogen-bond acceptors (Lipinski definition) is 8. The molecule has 1 aliphatic rings. The molecule has 4 heterocycles. The SMILES string of the molecule is CC(C)N(CCCCc1nc2cc(C(C)(C)C)ccc2[nH]1)CC1O[C@@H](n2ccc3c(N)ncnc32)C(O)[C@@H]1O. The van der Waals surface area contributed by atoms with Gasteiger partial charge in [-0.05, 0) is 62.4 Å². The fourth-order valence-electron chi connectivity index (χ4n) is 5.35. The van der Waals surface area contributed by atoms with Crippen LogP contribution in [0, 0.1) is 0 Å². The molecule has 3 aromatic heterocycles. The monoisotopic (exact) mass is 535 g/mol. The van der Waals surface area contributed by atoms with Gasteiger partial charge < -0.3 is 30.2 Å². The molecule has 0 saturated carbocycles. The van der Waals surface area contributed by atoms with Gasteiger partial charge in [0.1, 0.15) is 41.9 Å². The predicted octanol–water partition coefficient (Wildman–Crippen LogP) is 3.54. The summed E-state index contributed by atoms with van der Waals surface area (Å²) in [6.45, 7) is 12.3. The molecule has 1 aliphatic heterocycles. The molecule has 1 fully saturated rings. The summed E-state index contributed by atoms with van der Waals surface area (Å²) in [6.07, 6.45) is 2.62. The van der Waals surface area contributed by atoms with E-state index < -0.39 is 24.5 Å². The molecule has 2 unspecified atom stereocenters. The van der Waals surface area contributed by atoms with Crippen LogP contribution in [0.25, 0.3) is 22.1 Å². The first-order valence-electron chi connectivity index (χ1n) is 13.8. The molecule has 10 nitrogen and oxygen atoms in total. The van der Waals surface area contributed by atoms with Gasteiger partial charge in [0.05, 0.1) is 16.4 Å². The molecule has 0 amide bonds. The first kappa shape index (κ1) is 27.5. The second-order valence-electron chi connectivity index (χ2n) is 12.0. The molecule has 5 N–H and O–H groups in total. The average molecular weight is 536 g/mol. The van der Waals surface area contributed by atoms with Crippen molar-refractivity contribution in [1.82, 2.24) is 29.4 Å². The van der Waals surface area contributed by atoms with Crippen molar-refractivity contribution in [2.24, 2.45) is 0 Å². The summed E-state index contributed by atoms with van der Waals surface area (Å²) in [7, 11) is 0. The molecule has 210 valence electrons. The Kier molecular flexibility index (Phi) is 7.65. The number of aliphatic hydroxyl groups excluding tert-OH is 2. The van der Waals surface area contributed by atoms with Gasteiger partial charge in [-0.1, -0.05) is 26.8 Å². The van der Waals surface area contributed by atoms with Crippen LogP contribution in [-0.2, 0) is 16.6 Å². The lowest BCUT2D eigenvalue weighted by atomic mass is 9.87. The largest absolute Gasteiger partial charge is 0.387 e. The Hall–Kier alpha value is -3.05. The minimum absolute atomic E-state index is 0.0955. The highest BCUT2D eigenvalue weighted by Gasteiger charge is 2.44. The Morgan fingerprint density at radius 2 is 1.92 bits per heavy atom. The highest BCUT2D eigenvalue weighted by atomic mass is 16.6. The number of unbranched alkanes of at least 4 members (excludes halogenated alkanes) is 1. The minimum atomic E-state index is -1.08. The summed E-state index contributed by atoms with van der Waals surface area (Å²) in [5, 5.41) is 22.4. The summed E-state index contributed by atoms with van der Waals surface area (Å²) in [4.78, 5) is 18.9. The second kappa shape index (κ2) is 10.8. The third-order valence-electron chi connectivity index (χ3n) is 7.80. The number of ether oxygens (including phenoxy) is 1. The topological polar surface area (TPSA) is 138 Å². The van der Waals surface area contributed by atoms with E-state index in [0.29, 0.717) is 23.4 Å². The molecule has 0 spiro atoms. The van der Waals surface area contributed by atoms with Gasteiger partial charge in [-0.15, -0.1) is 0 Å². The van der Waals surface area contributed by atoms with Gasteiger partial charge in [0, 0.05) is 25.2 Å². The molecule has 4 aromatic rings. The number of nitrogen functional groups attached to an aromatic ring is 1. The van der Waals surface area contributed by atoms with E-state index in [1.54, 1.807) is 16.8 Å². The van der Waals surface area contributed by atoms with E-state index >= 15 is 0 Å². The van der Waals surface area contributed by atoms with Gasteiger partial charge in [0.2, 0.25) is 0 Å². The number of aliphatic hydroxyl groups is 2. The van der Waals surface area contributed by atoms with Crippen molar-refractivity contribution in [3.63, 3.8) is 0 Å². The zero-order chi connectivity index (χ0) is 27.9. The molecule has 5 rings (SSSR count). The highest BCUT2D eigenvalue weighted by molar-refractivity contribution is 5.86. The number of anilines is 1. The first-order valence-corrected chi connectivity index (χ1v) is 13.8. The Labute approximate surface area is 229 Å². The van der Waals surface area contributed by atoms with Gasteiger partial charge in [-0.2, -0.15) is 0 Å². The van der Waals surface area contributed by atoms with E-state index in [-0.39, 0.29) is 11.5 Å². The van der Waals surface area contributed by atoms with Crippen LogP contribution in [0.5, 0.6) is 0 Å². The van der Waals surface area contributed by atoms with Crippen LogP contribution in [0.2, 0.25) is 0 Å². The molecular weight excluding hydrogens is 494 g/mol. The van der Waals surface area contributed by atoms with E-state index in [1.165, 1.54) is 11.9 Å². The van der Waals surface area contributed by atoms with E-state index in [1.807, 2.05) is 0 Å². The number of H-pyrrole nitrogens is 1.